The van der Waals surface area contributed by atoms with E-state index in [1.807, 2.05) is 22.9 Å². The molecule has 2 aromatic rings. The molecule has 0 aliphatic carbocycles. The van der Waals surface area contributed by atoms with Gasteiger partial charge in [0.05, 0.1) is 11.7 Å². The first kappa shape index (κ1) is 9.54. The highest BCUT2D eigenvalue weighted by molar-refractivity contribution is 5.75. The number of ether oxygens (including phenoxy) is 1. The van der Waals surface area contributed by atoms with Crippen LogP contribution in [0.1, 0.15) is 35.1 Å². The minimum absolute atomic E-state index is 0.0735. The summed E-state index contributed by atoms with van der Waals surface area (Å²) in [6.45, 7) is 0.799. The lowest BCUT2D eigenvalue weighted by molar-refractivity contribution is 0.104. The summed E-state index contributed by atoms with van der Waals surface area (Å²) in [6.07, 6.45) is 6.62. The van der Waals surface area contributed by atoms with Crippen LogP contribution < -0.4 is 0 Å². The third kappa shape index (κ3) is 1.42. The maximum atomic E-state index is 10.7. The molecule has 3 heterocycles. The summed E-state index contributed by atoms with van der Waals surface area (Å²) >= 11 is 0. The molecule has 1 fully saturated rings. The summed E-state index contributed by atoms with van der Waals surface area (Å²) in [7, 11) is 0. The van der Waals surface area contributed by atoms with Gasteiger partial charge >= 0.3 is 0 Å². The highest BCUT2D eigenvalue weighted by Crippen LogP contribution is 2.28. The first-order chi connectivity index (χ1) is 7.88. The number of pyridine rings is 1. The maximum Gasteiger partial charge on any atom is 0.151 e. The first-order valence-electron chi connectivity index (χ1n) is 5.42. The average Bonchev–Trinajstić information content (AvgIpc) is 2.96. The Balaban J connectivity index is 2.13. The molecule has 4 nitrogen and oxygen atoms in total. The summed E-state index contributed by atoms with van der Waals surface area (Å²) in [5.41, 5.74) is 1.65. The smallest absolute Gasteiger partial charge is 0.151 e. The Morgan fingerprint density at radius 1 is 1.50 bits per heavy atom. The molecule has 0 saturated carbocycles. The number of imidazole rings is 1. The molecule has 0 bridgehead atoms. The van der Waals surface area contributed by atoms with E-state index >= 15 is 0 Å². The Morgan fingerprint density at radius 3 is 3.19 bits per heavy atom. The van der Waals surface area contributed by atoms with Crippen molar-refractivity contribution in [1.82, 2.24) is 9.38 Å². The van der Waals surface area contributed by atoms with Gasteiger partial charge in [0.15, 0.2) is 6.29 Å². The van der Waals surface area contributed by atoms with Crippen molar-refractivity contribution >= 4 is 11.8 Å². The lowest BCUT2D eigenvalue weighted by Gasteiger charge is -2.08. The van der Waals surface area contributed by atoms with Gasteiger partial charge in [0.25, 0.3) is 0 Å². The zero-order chi connectivity index (χ0) is 11.0. The minimum Gasteiger partial charge on any atom is -0.370 e. The van der Waals surface area contributed by atoms with Crippen LogP contribution in [0.3, 0.4) is 0 Å². The van der Waals surface area contributed by atoms with Gasteiger partial charge < -0.3 is 9.14 Å². The summed E-state index contributed by atoms with van der Waals surface area (Å²) in [6, 6.07) is 3.69. The van der Waals surface area contributed by atoms with E-state index < -0.39 is 0 Å². The zero-order valence-electron chi connectivity index (χ0n) is 8.80. The van der Waals surface area contributed by atoms with Crippen LogP contribution in [0.5, 0.6) is 0 Å². The van der Waals surface area contributed by atoms with Crippen molar-refractivity contribution in [3.8, 4) is 0 Å². The number of hydrogen-bond acceptors (Lipinski definition) is 3. The van der Waals surface area contributed by atoms with E-state index in [0.717, 1.165) is 37.1 Å². The lowest BCUT2D eigenvalue weighted by Crippen LogP contribution is -2.03. The lowest BCUT2D eigenvalue weighted by atomic mass is 10.2. The highest BCUT2D eigenvalue weighted by atomic mass is 16.5. The van der Waals surface area contributed by atoms with Crippen LogP contribution in [-0.2, 0) is 4.74 Å². The van der Waals surface area contributed by atoms with Gasteiger partial charge in [0.1, 0.15) is 11.9 Å². The van der Waals surface area contributed by atoms with Gasteiger partial charge in [0.2, 0.25) is 0 Å². The molecular weight excluding hydrogens is 204 g/mol. The van der Waals surface area contributed by atoms with Crippen molar-refractivity contribution in [2.24, 2.45) is 0 Å². The number of rotatable bonds is 2. The number of carbonyl (C=O) groups excluding carboxylic acids is 1. The van der Waals surface area contributed by atoms with Gasteiger partial charge in [-0.2, -0.15) is 0 Å². The Labute approximate surface area is 92.9 Å². The van der Waals surface area contributed by atoms with Gasteiger partial charge in [-0.1, -0.05) is 0 Å². The molecule has 4 heteroatoms. The van der Waals surface area contributed by atoms with E-state index in [-0.39, 0.29) is 6.10 Å². The van der Waals surface area contributed by atoms with Crippen LogP contribution in [-0.4, -0.2) is 22.3 Å². The summed E-state index contributed by atoms with van der Waals surface area (Å²) in [5, 5.41) is 0. The predicted molar refractivity (Wildman–Crippen MR) is 58.5 cm³/mol. The first-order valence-corrected chi connectivity index (χ1v) is 5.42. The summed E-state index contributed by atoms with van der Waals surface area (Å²) in [4.78, 5) is 15.1. The highest BCUT2D eigenvalue weighted by Gasteiger charge is 2.21. The van der Waals surface area contributed by atoms with Crippen LogP contribution in [0.15, 0.2) is 24.5 Å². The van der Waals surface area contributed by atoms with E-state index in [2.05, 4.69) is 4.98 Å². The number of fused-ring (bicyclic) bond motifs is 1. The molecule has 1 unspecified atom stereocenters. The van der Waals surface area contributed by atoms with Crippen molar-refractivity contribution in [3.05, 3.63) is 35.9 Å². The van der Waals surface area contributed by atoms with Crippen molar-refractivity contribution in [1.29, 1.82) is 0 Å². The van der Waals surface area contributed by atoms with Gasteiger partial charge in [-0.05, 0) is 25.0 Å². The van der Waals surface area contributed by atoms with Crippen molar-refractivity contribution in [2.45, 2.75) is 18.9 Å². The molecule has 16 heavy (non-hydrogen) atoms. The Morgan fingerprint density at radius 2 is 2.44 bits per heavy atom. The van der Waals surface area contributed by atoms with Crippen LogP contribution in [0.25, 0.3) is 5.52 Å². The second-order valence-electron chi connectivity index (χ2n) is 3.99. The zero-order valence-corrected chi connectivity index (χ0v) is 8.80. The Kier molecular flexibility index (Phi) is 2.22. The summed E-state index contributed by atoms with van der Waals surface area (Å²) in [5.74, 6) is 0.899. The number of carbonyl (C=O) groups is 1. The molecule has 0 spiro atoms. The molecular formula is C12H12N2O2. The standard InChI is InChI=1S/C12H12N2O2/c15-8-9-3-4-10-6-13-12(14(10)7-9)11-2-1-5-16-11/h3-4,6-8,11H,1-2,5H2. The third-order valence-corrected chi connectivity index (χ3v) is 2.93. The second kappa shape index (κ2) is 3.72. The van der Waals surface area contributed by atoms with Gasteiger partial charge in [-0.15, -0.1) is 0 Å². The van der Waals surface area contributed by atoms with Crippen LogP contribution >= 0.6 is 0 Å². The minimum atomic E-state index is 0.0735. The number of aromatic nitrogens is 2. The maximum absolute atomic E-state index is 10.7. The topological polar surface area (TPSA) is 43.6 Å². The molecule has 1 aliphatic heterocycles. The van der Waals surface area contributed by atoms with Crippen LogP contribution in [0, 0.1) is 0 Å². The Bertz CT molecular complexity index is 527. The normalized spacial score (nSPS) is 20.4. The van der Waals surface area contributed by atoms with Crippen LogP contribution in [0.4, 0.5) is 0 Å². The van der Waals surface area contributed by atoms with Gasteiger partial charge in [-0.3, -0.25) is 4.79 Å². The molecule has 1 saturated heterocycles. The fourth-order valence-electron chi connectivity index (χ4n) is 2.12. The molecule has 82 valence electrons. The van der Waals surface area contributed by atoms with Crippen molar-refractivity contribution in [2.75, 3.05) is 6.61 Å². The van der Waals surface area contributed by atoms with Gasteiger partial charge in [0, 0.05) is 18.4 Å². The second-order valence-corrected chi connectivity index (χ2v) is 3.99. The van der Waals surface area contributed by atoms with Crippen molar-refractivity contribution in [3.63, 3.8) is 0 Å². The molecule has 1 aliphatic rings. The summed E-state index contributed by atoms with van der Waals surface area (Å²) < 4.78 is 7.55. The largest absolute Gasteiger partial charge is 0.370 e. The quantitative estimate of drug-likeness (QED) is 0.721. The van der Waals surface area contributed by atoms with Crippen LogP contribution in [0.2, 0.25) is 0 Å². The molecule has 3 rings (SSSR count). The molecule has 1 atom stereocenters. The molecule has 0 amide bonds. The number of aldehydes is 1. The molecule has 0 aromatic carbocycles. The third-order valence-electron chi connectivity index (χ3n) is 2.93. The fourth-order valence-corrected chi connectivity index (χ4v) is 2.12. The number of nitrogens with zero attached hydrogens (tertiary/aromatic N) is 2. The SMILES string of the molecule is O=Cc1ccc2cnc(C3CCCO3)n2c1. The Hall–Kier alpha value is -1.68. The van der Waals surface area contributed by atoms with E-state index in [4.69, 9.17) is 4.74 Å². The van der Waals surface area contributed by atoms with Crippen molar-refractivity contribution < 1.29 is 9.53 Å². The van der Waals surface area contributed by atoms with E-state index in [9.17, 15) is 4.79 Å². The predicted octanol–water partition coefficient (Wildman–Crippen LogP) is 2.00. The van der Waals surface area contributed by atoms with E-state index in [1.54, 1.807) is 6.07 Å². The fraction of sp³-hybridized carbons (Fsp3) is 0.333. The molecule has 0 radical (unpaired) electrons. The molecule has 2 aromatic heterocycles. The van der Waals surface area contributed by atoms with E-state index in [0.29, 0.717) is 5.56 Å². The average molecular weight is 216 g/mol. The van der Waals surface area contributed by atoms with Gasteiger partial charge in [-0.25, -0.2) is 4.98 Å². The number of hydrogen-bond donors (Lipinski definition) is 0. The monoisotopic (exact) mass is 216 g/mol. The van der Waals surface area contributed by atoms with E-state index in [1.165, 1.54) is 0 Å². The molecule has 0 N–H and O–H groups in total.